The third-order valence-corrected chi connectivity index (χ3v) is 5.75. The fourth-order valence-corrected chi connectivity index (χ4v) is 4.21. The van der Waals surface area contributed by atoms with Gasteiger partial charge in [-0.1, -0.05) is 6.07 Å². The smallest absolute Gasteiger partial charge is 0.227 e. The van der Waals surface area contributed by atoms with Gasteiger partial charge in [-0.25, -0.2) is 8.78 Å². The summed E-state index contributed by atoms with van der Waals surface area (Å²) in [6, 6.07) is 3.74. The summed E-state index contributed by atoms with van der Waals surface area (Å²) in [5, 5.41) is 9.90. The lowest BCUT2D eigenvalue weighted by Crippen LogP contribution is -2.62. The molecule has 2 aliphatic rings. The quantitative estimate of drug-likeness (QED) is 0.914. The molecule has 1 N–H and O–H groups in total. The molecule has 1 amide bonds. The predicted molar refractivity (Wildman–Crippen MR) is 86.4 cm³/mol. The number of rotatable bonds is 3. The van der Waals surface area contributed by atoms with Crippen molar-refractivity contribution in [3.05, 3.63) is 35.4 Å². The van der Waals surface area contributed by atoms with Crippen molar-refractivity contribution in [1.29, 1.82) is 0 Å². The van der Waals surface area contributed by atoms with Crippen LogP contribution in [0.2, 0.25) is 0 Å². The molecule has 2 saturated heterocycles. The molecule has 0 spiro atoms. The Hall–Kier alpha value is -1.53. The van der Waals surface area contributed by atoms with Gasteiger partial charge in [0.2, 0.25) is 5.91 Å². The Balaban J connectivity index is 1.73. The van der Waals surface area contributed by atoms with Crippen LogP contribution < -0.4 is 0 Å². The highest BCUT2D eigenvalue weighted by atomic mass is 19.1. The van der Waals surface area contributed by atoms with E-state index in [0.29, 0.717) is 13.1 Å². The number of hydrogen-bond donors (Lipinski definition) is 1. The number of amides is 1. The normalized spacial score (nSPS) is 27.8. The number of likely N-dealkylation sites (N-methyl/N-ethyl adjacent to an activating group) is 1. The lowest BCUT2D eigenvalue weighted by atomic mass is 9.69. The van der Waals surface area contributed by atoms with Crippen LogP contribution in [-0.2, 0) is 11.2 Å². The molecule has 2 fully saturated rings. The van der Waals surface area contributed by atoms with E-state index in [-0.39, 0.29) is 36.0 Å². The lowest BCUT2D eigenvalue weighted by molar-refractivity contribution is -0.139. The number of carbonyl (C=O) groups is 1. The van der Waals surface area contributed by atoms with Crippen molar-refractivity contribution >= 4 is 5.91 Å². The number of carbonyl (C=O) groups excluding carboxylic acids is 1. The average molecular weight is 338 g/mol. The van der Waals surface area contributed by atoms with Gasteiger partial charge < -0.3 is 14.9 Å². The van der Waals surface area contributed by atoms with Crippen molar-refractivity contribution in [3.63, 3.8) is 0 Å². The van der Waals surface area contributed by atoms with Crippen molar-refractivity contribution in [2.75, 3.05) is 33.3 Å². The number of halogens is 2. The Morgan fingerprint density at radius 3 is 2.67 bits per heavy atom. The Kier molecular flexibility index (Phi) is 4.88. The molecule has 2 aliphatic heterocycles. The SMILES string of the molecule is CN1CCC[C@]2(CO)CCN(C(=O)Cc3c(F)cccc3F)C[C@@H]12. The second-order valence-electron chi connectivity index (χ2n) is 7.09. The highest BCUT2D eigenvalue weighted by molar-refractivity contribution is 5.79. The molecule has 0 unspecified atom stereocenters. The molecule has 0 bridgehead atoms. The van der Waals surface area contributed by atoms with Gasteiger partial charge in [0.05, 0.1) is 13.0 Å². The second kappa shape index (κ2) is 6.76. The maximum absolute atomic E-state index is 13.8. The summed E-state index contributed by atoms with van der Waals surface area (Å²) in [6.07, 6.45) is 2.47. The molecule has 132 valence electrons. The number of aliphatic hydroxyl groups excluding tert-OH is 1. The van der Waals surface area contributed by atoms with Gasteiger partial charge in [0, 0.05) is 30.1 Å². The molecule has 1 aromatic rings. The third kappa shape index (κ3) is 3.05. The predicted octanol–water partition coefficient (Wildman–Crippen LogP) is 1.81. The molecule has 2 heterocycles. The first-order chi connectivity index (χ1) is 11.5. The van der Waals surface area contributed by atoms with Gasteiger partial charge in [0.15, 0.2) is 0 Å². The standard InChI is InChI=1S/C18H24F2N2O2/c1-21-8-3-6-18(12-23)7-9-22(11-16(18)21)17(24)10-13-14(19)4-2-5-15(13)20/h2,4-5,16,23H,3,6-12H2,1H3/t16-,18-/m1/s1. The summed E-state index contributed by atoms with van der Waals surface area (Å²) in [5.41, 5.74) is -0.328. The van der Waals surface area contributed by atoms with E-state index in [9.17, 15) is 18.7 Å². The summed E-state index contributed by atoms with van der Waals surface area (Å²) < 4.78 is 27.5. The molecule has 0 aromatic heterocycles. The molecule has 4 nitrogen and oxygen atoms in total. The van der Waals surface area contributed by atoms with Crippen LogP contribution in [0.4, 0.5) is 8.78 Å². The summed E-state index contributed by atoms with van der Waals surface area (Å²) in [5.74, 6) is -1.62. The van der Waals surface area contributed by atoms with Crippen molar-refractivity contribution in [1.82, 2.24) is 9.80 Å². The summed E-state index contributed by atoms with van der Waals surface area (Å²) >= 11 is 0. The van der Waals surface area contributed by atoms with E-state index in [0.717, 1.165) is 25.8 Å². The molecule has 3 rings (SSSR count). The van der Waals surface area contributed by atoms with E-state index < -0.39 is 11.6 Å². The van der Waals surface area contributed by atoms with Gasteiger partial charge >= 0.3 is 0 Å². The molecule has 2 atom stereocenters. The topological polar surface area (TPSA) is 43.8 Å². The molecular weight excluding hydrogens is 314 g/mol. The van der Waals surface area contributed by atoms with Gasteiger partial charge in [0.1, 0.15) is 11.6 Å². The fraction of sp³-hybridized carbons (Fsp3) is 0.611. The van der Waals surface area contributed by atoms with E-state index in [1.165, 1.54) is 18.2 Å². The van der Waals surface area contributed by atoms with Crippen molar-refractivity contribution in [2.45, 2.75) is 31.7 Å². The van der Waals surface area contributed by atoms with Crippen molar-refractivity contribution < 1.29 is 18.7 Å². The van der Waals surface area contributed by atoms with E-state index in [1.807, 2.05) is 7.05 Å². The largest absolute Gasteiger partial charge is 0.396 e. The van der Waals surface area contributed by atoms with Crippen LogP contribution in [0.3, 0.4) is 0 Å². The summed E-state index contributed by atoms with van der Waals surface area (Å²) in [6.45, 7) is 2.09. The molecule has 0 radical (unpaired) electrons. The zero-order chi connectivity index (χ0) is 17.3. The van der Waals surface area contributed by atoms with Gasteiger partial charge in [0.25, 0.3) is 0 Å². The van der Waals surface area contributed by atoms with E-state index in [4.69, 9.17) is 0 Å². The van der Waals surface area contributed by atoms with Crippen LogP contribution in [0.1, 0.15) is 24.8 Å². The van der Waals surface area contributed by atoms with Crippen LogP contribution in [-0.4, -0.2) is 60.1 Å². The van der Waals surface area contributed by atoms with Crippen molar-refractivity contribution in [3.8, 4) is 0 Å². The molecule has 0 aliphatic carbocycles. The van der Waals surface area contributed by atoms with E-state index in [2.05, 4.69) is 4.90 Å². The molecule has 24 heavy (non-hydrogen) atoms. The van der Waals surface area contributed by atoms with Gasteiger partial charge in [-0.05, 0) is 45.0 Å². The number of nitrogens with zero attached hydrogens (tertiary/aromatic N) is 2. The van der Waals surface area contributed by atoms with Gasteiger partial charge in [-0.3, -0.25) is 4.79 Å². The Bertz CT molecular complexity index is 605. The van der Waals surface area contributed by atoms with E-state index in [1.54, 1.807) is 4.90 Å². The Labute approximate surface area is 141 Å². The number of fused-ring (bicyclic) bond motifs is 1. The minimum absolute atomic E-state index is 0.0967. The number of likely N-dealkylation sites (tertiary alicyclic amines) is 2. The fourth-order valence-electron chi connectivity index (χ4n) is 4.21. The first-order valence-corrected chi connectivity index (χ1v) is 8.48. The zero-order valence-corrected chi connectivity index (χ0v) is 14.0. The molecular formula is C18H24F2N2O2. The number of benzene rings is 1. The molecule has 1 aromatic carbocycles. The summed E-state index contributed by atoms with van der Waals surface area (Å²) in [4.78, 5) is 16.4. The average Bonchev–Trinajstić information content (AvgIpc) is 2.58. The highest BCUT2D eigenvalue weighted by Gasteiger charge is 2.47. The first kappa shape index (κ1) is 17.3. The maximum Gasteiger partial charge on any atom is 0.227 e. The minimum Gasteiger partial charge on any atom is -0.396 e. The van der Waals surface area contributed by atoms with Gasteiger partial charge in [-0.15, -0.1) is 0 Å². The summed E-state index contributed by atoms with van der Waals surface area (Å²) in [7, 11) is 2.01. The van der Waals surface area contributed by atoms with Crippen LogP contribution in [0, 0.1) is 17.0 Å². The first-order valence-electron chi connectivity index (χ1n) is 8.48. The Morgan fingerprint density at radius 1 is 1.29 bits per heavy atom. The molecule has 6 heteroatoms. The van der Waals surface area contributed by atoms with E-state index >= 15 is 0 Å². The third-order valence-electron chi connectivity index (χ3n) is 5.75. The van der Waals surface area contributed by atoms with Crippen LogP contribution in [0.5, 0.6) is 0 Å². The Morgan fingerprint density at radius 2 is 2.00 bits per heavy atom. The second-order valence-corrected chi connectivity index (χ2v) is 7.09. The van der Waals surface area contributed by atoms with Crippen molar-refractivity contribution in [2.24, 2.45) is 5.41 Å². The highest BCUT2D eigenvalue weighted by Crippen LogP contribution is 2.41. The lowest BCUT2D eigenvalue weighted by Gasteiger charge is -2.53. The minimum atomic E-state index is -0.681. The number of aliphatic hydroxyl groups is 1. The maximum atomic E-state index is 13.8. The van der Waals surface area contributed by atoms with Crippen LogP contribution in [0.15, 0.2) is 18.2 Å². The number of hydrogen-bond acceptors (Lipinski definition) is 3. The number of piperidine rings is 2. The zero-order valence-electron chi connectivity index (χ0n) is 14.0. The molecule has 0 saturated carbocycles. The van der Waals surface area contributed by atoms with Gasteiger partial charge in [-0.2, -0.15) is 0 Å². The van der Waals surface area contributed by atoms with Crippen LogP contribution in [0.25, 0.3) is 0 Å². The van der Waals surface area contributed by atoms with Crippen LogP contribution >= 0.6 is 0 Å². The monoisotopic (exact) mass is 338 g/mol.